The minimum Gasteiger partial charge on any atom is -0.493 e. The number of hydrogen-bond donors (Lipinski definition) is 0. The first-order valence-corrected chi connectivity index (χ1v) is 12.4. The Labute approximate surface area is 174 Å². The molecule has 7 nitrogen and oxygen atoms in total. The van der Waals surface area contributed by atoms with Crippen LogP contribution in [-0.4, -0.2) is 55.6 Å². The molecule has 5 rings (SSSR count). The Kier molecular flexibility index (Phi) is 4.38. The molecule has 29 heavy (non-hydrogen) atoms. The van der Waals surface area contributed by atoms with Gasteiger partial charge in [0.2, 0.25) is 15.7 Å². The Hall–Kier alpha value is -2.10. The lowest BCUT2D eigenvalue weighted by molar-refractivity contribution is -0.144. The molecule has 0 N–H and O–H groups in total. The molecular weight excluding hydrogens is 410 g/mol. The third-order valence-electron chi connectivity index (χ3n) is 5.99. The van der Waals surface area contributed by atoms with Gasteiger partial charge in [0.25, 0.3) is 0 Å². The molecule has 0 aliphatic carbocycles. The molecule has 154 valence electrons. The molecule has 1 atom stereocenters. The fourth-order valence-corrected chi connectivity index (χ4v) is 6.09. The summed E-state index contributed by atoms with van der Waals surface area (Å²) in [6.45, 7) is 0.826. The van der Waals surface area contributed by atoms with Crippen LogP contribution in [0.4, 0.5) is 0 Å². The number of ether oxygens (including phenoxy) is 2. The van der Waals surface area contributed by atoms with Gasteiger partial charge in [-0.2, -0.15) is 5.10 Å². The van der Waals surface area contributed by atoms with E-state index in [4.69, 9.17) is 14.6 Å². The maximum Gasteiger partial charge on any atom is 0.211 e. The Bertz CT molecular complexity index is 1060. The van der Waals surface area contributed by atoms with Crippen LogP contribution in [0, 0.1) is 0 Å². The molecule has 3 aliphatic heterocycles. The normalized spacial score (nSPS) is 23.3. The van der Waals surface area contributed by atoms with Crippen LogP contribution >= 0.6 is 11.3 Å². The number of rotatable bonds is 3. The van der Waals surface area contributed by atoms with Crippen LogP contribution in [0.1, 0.15) is 35.7 Å². The molecule has 1 aromatic heterocycles. The van der Waals surface area contributed by atoms with E-state index >= 15 is 0 Å². The van der Waals surface area contributed by atoms with Crippen LogP contribution in [0.15, 0.2) is 40.8 Å². The molecule has 1 aromatic carbocycles. The van der Waals surface area contributed by atoms with Crippen molar-refractivity contribution >= 4 is 27.1 Å². The summed E-state index contributed by atoms with van der Waals surface area (Å²) >= 11 is 1.68. The highest BCUT2D eigenvalue weighted by molar-refractivity contribution is 7.88. The lowest BCUT2D eigenvalue weighted by atomic mass is 9.91. The van der Waals surface area contributed by atoms with E-state index in [1.54, 1.807) is 18.4 Å². The molecule has 2 aromatic rings. The van der Waals surface area contributed by atoms with Gasteiger partial charge in [0.15, 0.2) is 11.5 Å². The molecule has 1 saturated heterocycles. The van der Waals surface area contributed by atoms with Crippen molar-refractivity contribution in [1.82, 2.24) is 9.31 Å². The van der Waals surface area contributed by atoms with E-state index in [0.717, 1.165) is 28.3 Å². The maximum absolute atomic E-state index is 12.0. The third kappa shape index (κ3) is 3.03. The van der Waals surface area contributed by atoms with Crippen LogP contribution in [0.3, 0.4) is 0 Å². The highest BCUT2D eigenvalue weighted by atomic mass is 32.2. The zero-order valence-corrected chi connectivity index (χ0v) is 18.0. The quantitative estimate of drug-likeness (QED) is 0.744. The first-order chi connectivity index (χ1) is 13.9. The fourth-order valence-electron chi connectivity index (χ4n) is 4.52. The highest BCUT2D eigenvalue weighted by Gasteiger charge is 2.53. The lowest BCUT2D eigenvalue weighted by Gasteiger charge is -2.50. The zero-order chi connectivity index (χ0) is 20.2. The molecule has 4 heterocycles. The van der Waals surface area contributed by atoms with Crippen molar-refractivity contribution in [2.24, 2.45) is 5.10 Å². The van der Waals surface area contributed by atoms with Gasteiger partial charge >= 0.3 is 0 Å². The van der Waals surface area contributed by atoms with Gasteiger partial charge < -0.3 is 9.47 Å². The molecular formula is C20H23N3O4S2. The monoisotopic (exact) mass is 433 g/mol. The lowest BCUT2D eigenvalue weighted by Crippen LogP contribution is -2.59. The summed E-state index contributed by atoms with van der Waals surface area (Å²) in [5.41, 5.74) is 1.44. The van der Waals surface area contributed by atoms with Crippen LogP contribution in [-0.2, 0) is 10.0 Å². The second-order valence-corrected chi connectivity index (χ2v) is 10.6. The predicted octanol–water partition coefficient (Wildman–Crippen LogP) is 3.05. The smallest absolute Gasteiger partial charge is 0.211 e. The standard InChI is InChI=1S/C20H23N3O4S2/c1-26-17-6-3-5-14-16-13-15(18-7-4-12-28-18)21-23(16)20(27-19(14)17)8-10-22(11-9-20)29(2,24)25/h3-7,12,16H,8-11,13H2,1-2H3/t16-/m0/s1. The van der Waals surface area contributed by atoms with E-state index in [1.807, 2.05) is 18.2 Å². The molecule has 1 fully saturated rings. The molecule has 0 bridgehead atoms. The first kappa shape index (κ1) is 18.9. The summed E-state index contributed by atoms with van der Waals surface area (Å²) in [7, 11) is -1.58. The molecule has 1 spiro atoms. The summed E-state index contributed by atoms with van der Waals surface area (Å²) in [6, 6.07) is 10.1. The highest BCUT2D eigenvalue weighted by Crippen LogP contribution is 2.52. The van der Waals surface area contributed by atoms with Gasteiger partial charge in [0.05, 0.1) is 30.0 Å². The number of methoxy groups -OCH3 is 1. The van der Waals surface area contributed by atoms with Gasteiger partial charge in [-0.05, 0) is 17.5 Å². The van der Waals surface area contributed by atoms with Crippen molar-refractivity contribution in [3.8, 4) is 11.5 Å². The van der Waals surface area contributed by atoms with Gasteiger partial charge in [0, 0.05) is 37.9 Å². The Morgan fingerprint density at radius 1 is 1.24 bits per heavy atom. The Balaban J connectivity index is 1.57. The van der Waals surface area contributed by atoms with Gasteiger partial charge in [-0.15, -0.1) is 11.3 Å². The summed E-state index contributed by atoms with van der Waals surface area (Å²) in [4.78, 5) is 1.16. The van der Waals surface area contributed by atoms with Crippen LogP contribution in [0.2, 0.25) is 0 Å². The molecule has 0 unspecified atom stereocenters. The molecule has 0 amide bonds. The van der Waals surface area contributed by atoms with Crippen LogP contribution in [0.5, 0.6) is 11.5 Å². The average Bonchev–Trinajstić information content (AvgIpc) is 3.38. The summed E-state index contributed by atoms with van der Waals surface area (Å²) in [5, 5.41) is 9.14. The van der Waals surface area contributed by atoms with E-state index in [-0.39, 0.29) is 6.04 Å². The fraction of sp³-hybridized carbons (Fsp3) is 0.450. The number of hydrazone groups is 1. The van der Waals surface area contributed by atoms with Crippen molar-refractivity contribution in [3.63, 3.8) is 0 Å². The summed E-state index contributed by atoms with van der Waals surface area (Å²) in [5.74, 6) is 1.46. The van der Waals surface area contributed by atoms with Crippen molar-refractivity contribution in [3.05, 3.63) is 46.2 Å². The zero-order valence-electron chi connectivity index (χ0n) is 16.4. The number of nitrogens with zero attached hydrogens (tertiary/aromatic N) is 3. The van der Waals surface area contributed by atoms with E-state index in [0.29, 0.717) is 31.7 Å². The number of piperidine rings is 1. The van der Waals surface area contributed by atoms with Crippen LogP contribution < -0.4 is 9.47 Å². The number of thiophene rings is 1. The van der Waals surface area contributed by atoms with Crippen molar-refractivity contribution in [2.75, 3.05) is 26.5 Å². The van der Waals surface area contributed by atoms with E-state index in [9.17, 15) is 8.42 Å². The van der Waals surface area contributed by atoms with Gasteiger partial charge in [-0.1, -0.05) is 18.2 Å². The number of benzene rings is 1. The number of para-hydroxylation sites is 1. The van der Waals surface area contributed by atoms with Gasteiger partial charge in [-0.3, -0.25) is 0 Å². The first-order valence-electron chi connectivity index (χ1n) is 9.63. The van der Waals surface area contributed by atoms with E-state index in [2.05, 4.69) is 22.5 Å². The van der Waals surface area contributed by atoms with Gasteiger partial charge in [-0.25, -0.2) is 17.7 Å². The molecule has 0 radical (unpaired) electrons. The average molecular weight is 434 g/mol. The van der Waals surface area contributed by atoms with Crippen molar-refractivity contribution < 1.29 is 17.9 Å². The minimum atomic E-state index is -3.22. The van der Waals surface area contributed by atoms with Crippen LogP contribution in [0.25, 0.3) is 0 Å². The predicted molar refractivity (Wildman–Crippen MR) is 112 cm³/mol. The largest absolute Gasteiger partial charge is 0.493 e. The number of fused-ring (bicyclic) bond motifs is 4. The Morgan fingerprint density at radius 2 is 2.03 bits per heavy atom. The van der Waals surface area contributed by atoms with Gasteiger partial charge in [0.1, 0.15) is 0 Å². The third-order valence-corrected chi connectivity index (χ3v) is 8.21. The second kappa shape index (κ2) is 6.72. The summed E-state index contributed by atoms with van der Waals surface area (Å²) in [6.07, 6.45) is 3.16. The second-order valence-electron chi connectivity index (χ2n) is 7.68. The molecule has 9 heteroatoms. The van der Waals surface area contributed by atoms with E-state index < -0.39 is 15.7 Å². The van der Waals surface area contributed by atoms with Crippen molar-refractivity contribution in [1.29, 1.82) is 0 Å². The molecule has 0 saturated carbocycles. The minimum absolute atomic E-state index is 0.0516. The summed E-state index contributed by atoms with van der Waals surface area (Å²) < 4.78 is 37.7. The topological polar surface area (TPSA) is 71.4 Å². The maximum atomic E-state index is 12.0. The number of hydrogen-bond acceptors (Lipinski definition) is 7. The Morgan fingerprint density at radius 3 is 2.69 bits per heavy atom. The number of sulfonamides is 1. The SMILES string of the molecule is COc1cccc2c1OC1(CCN(S(C)(=O)=O)CC1)N1N=C(c3cccs3)C[C@@H]21. The molecule has 3 aliphatic rings. The van der Waals surface area contributed by atoms with Crippen molar-refractivity contribution in [2.45, 2.75) is 31.0 Å². The van der Waals surface area contributed by atoms with E-state index in [1.165, 1.54) is 10.6 Å².